The summed E-state index contributed by atoms with van der Waals surface area (Å²) in [5, 5.41) is 0. The zero-order valence-corrected chi connectivity index (χ0v) is 16.8. The molecule has 144 valence electrons. The van der Waals surface area contributed by atoms with Crippen LogP contribution in [0.5, 0.6) is 0 Å². The van der Waals surface area contributed by atoms with Gasteiger partial charge in [0, 0.05) is 24.0 Å². The molecule has 0 bridgehead atoms. The van der Waals surface area contributed by atoms with Crippen molar-refractivity contribution in [3.63, 3.8) is 0 Å². The summed E-state index contributed by atoms with van der Waals surface area (Å²) in [6.45, 7) is 2.45. The number of anilines is 1. The Kier molecular flexibility index (Phi) is 4.69. The lowest BCUT2D eigenvalue weighted by Gasteiger charge is -2.36. The molecule has 1 aromatic heterocycles. The maximum absolute atomic E-state index is 12.6. The number of hydrogen-bond donors (Lipinski definition) is 1. The van der Waals surface area contributed by atoms with E-state index in [-0.39, 0.29) is 0 Å². The van der Waals surface area contributed by atoms with Gasteiger partial charge in [-0.25, -0.2) is 8.42 Å². The minimum atomic E-state index is -3.39. The van der Waals surface area contributed by atoms with Crippen LogP contribution in [0.15, 0.2) is 60.8 Å². The van der Waals surface area contributed by atoms with Gasteiger partial charge in [-0.2, -0.15) is 4.31 Å². The van der Waals surface area contributed by atoms with Crippen LogP contribution >= 0.6 is 0 Å². The highest BCUT2D eigenvalue weighted by molar-refractivity contribution is 7.88. The van der Waals surface area contributed by atoms with Gasteiger partial charge in [-0.05, 0) is 59.9 Å². The second kappa shape index (κ2) is 7.04. The normalized spacial score (nSPS) is 17.3. The van der Waals surface area contributed by atoms with Crippen molar-refractivity contribution in [3.05, 3.63) is 83.0 Å². The first-order valence-corrected chi connectivity index (χ1v) is 11.1. The van der Waals surface area contributed by atoms with Crippen molar-refractivity contribution in [2.75, 3.05) is 18.5 Å². The molecular formula is C22H23N3O2S. The van der Waals surface area contributed by atoms with Crippen molar-refractivity contribution < 1.29 is 8.42 Å². The minimum absolute atomic E-state index is 0.398. The Morgan fingerprint density at radius 2 is 1.93 bits per heavy atom. The lowest BCUT2D eigenvalue weighted by atomic mass is 9.87. The number of benzene rings is 2. The molecule has 4 rings (SSSR count). The maximum atomic E-state index is 12.6. The van der Waals surface area contributed by atoms with E-state index < -0.39 is 16.1 Å². The molecule has 1 unspecified atom stereocenters. The monoisotopic (exact) mass is 393 g/mol. The number of sulfonamides is 1. The number of nitrogens with zero attached hydrogens (tertiary/aromatic N) is 2. The van der Waals surface area contributed by atoms with Gasteiger partial charge in [-0.1, -0.05) is 30.3 Å². The van der Waals surface area contributed by atoms with Gasteiger partial charge in [-0.3, -0.25) is 4.98 Å². The molecule has 2 aromatic carbocycles. The number of pyridine rings is 1. The first-order valence-electron chi connectivity index (χ1n) is 9.22. The number of hydrogen-bond acceptors (Lipinski definition) is 4. The zero-order chi connectivity index (χ0) is 19.9. The van der Waals surface area contributed by atoms with Gasteiger partial charge in [0.05, 0.1) is 18.0 Å². The molecule has 0 aliphatic carbocycles. The average molecular weight is 394 g/mol. The number of aryl methyl sites for hydroxylation is 1. The highest BCUT2D eigenvalue weighted by atomic mass is 32.2. The topological polar surface area (TPSA) is 76.3 Å². The number of nitrogens with two attached hydrogens (primary N) is 1. The Hall–Kier alpha value is -2.70. The van der Waals surface area contributed by atoms with E-state index in [2.05, 4.69) is 11.1 Å². The van der Waals surface area contributed by atoms with E-state index in [1.165, 1.54) is 6.26 Å². The third-order valence-electron chi connectivity index (χ3n) is 5.36. The molecule has 0 radical (unpaired) electrons. The molecule has 2 heterocycles. The standard InChI is InChI=1S/C22H23N3O2S/c1-15-9-10-16(14-19(15)21-8-3-4-12-24-21)22-18-6-5-7-20(23)17(18)11-13-25(22)28(2,26)27/h3-10,12,14,22H,11,13,23H2,1-2H3. The second-order valence-electron chi connectivity index (χ2n) is 7.23. The van der Waals surface area contributed by atoms with Crippen molar-refractivity contribution in [3.8, 4) is 11.3 Å². The van der Waals surface area contributed by atoms with Crippen molar-refractivity contribution in [2.45, 2.75) is 19.4 Å². The minimum Gasteiger partial charge on any atom is -0.398 e. The summed E-state index contributed by atoms with van der Waals surface area (Å²) < 4.78 is 26.7. The van der Waals surface area contributed by atoms with E-state index in [0.717, 1.165) is 33.5 Å². The van der Waals surface area contributed by atoms with Crippen molar-refractivity contribution >= 4 is 15.7 Å². The number of nitrogen functional groups attached to an aromatic ring is 1. The first kappa shape index (κ1) is 18.7. The molecule has 1 atom stereocenters. The lowest BCUT2D eigenvalue weighted by Crippen LogP contribution is -2.40. The van der Waals surface area contributed by atoms with Crippen molar-refractivity contribution in [1.29, 1.82) is 0 Å². The fourth-order valence-electron chi connectivity index (χ4n) is 3.99. The Morgan fingerprint density at radius 1 is 1.11 bits per heavy atom. The van der Waals surface area contributed by atoms with Gasteiger partial charge in [0.2, 0.25) is 10.0 Å². The molecule has 0 saturated carbocycles. The summed E-state index contributed by atoms with van der Waals surface area (Å²) in [5.74, 6) is 0. The Bertz CT molecular complexity index is 1130. The van der Waals surface area contributed by atoms with Crippen LogP contribution in [0.4, 0.5) is 5.69 Å². The molecule has 3 aromatic rings. The van der Waals surface area contributed by atoms with Crippen LogP contribution in [0.1, 0.15) is 28.3 Å². The molecule has 2 N–H and O–H groups in total. The predicted octanol–water partition coefficient (Wildman–Crippen LogP) is 3.55. The molecule has 0 saturated heterocycles. The molecule has 28 heavy (non-hydrogen) atoms. The quantitative estimate of drug-likeness (QED) is 0.691. The summed E-state index contributed by atoms with van der Waals surface area (Å²) >= 11 is 0. The summed E-state index contributed by atoms with van der Waals surface area (Å²) in [4.78, 5) is 4.47. The molecule has 1 aliphatic heterocycles. The highest BCUT2D eigenvalue weighted by Gasteiger charge is 2.35. The summed E-state index contributed by atoms with van der Waals surface area (Å²) in [6.07, 6.45) is 3.65. The molecule has 5 nitrogen and oxygen atoms in total. The summed E-state index contributed by atoms with van der Waals surface area (Å²) in [6, 6.07) is 17.2. The van der Waals surface area contributed by atoms with Gasteiger partial charge in [0.15, 0.2) is 0 Å². The van der Waals surface area contributed by atoms with Crippen LogP contribution in [-0.4, -0.2) is 30.5 Å². The van der Waals surface area contributed by atoms with Crippen molar-refractivity contribution in [1.82, 2.24) is 9.29 Å². The fraction of sp³-hybridized carbons (Fsp3) is 0.227. The van der Waals surface area contributed by atoms with Gasteiger partial charge in [0.1, 0.15) is 0 Å². The first-order chi connectivity index (χ1) is 13.4. The third-order valence-corrected chi connectivity index (χ3v) is 6.60. The SMILES string of the molecule is Cc1ccc(C2c3cccc(N)c3CCN2S(C)(=O)=O)cc1-c1ccccn1. The van der Waals surface area contributed by atoms with E-state index in [9.17, 15) is 8.42 Å². The molecular weight excluding hydrogens is 370 g/mol. The Morgan fingerprint density at radius 3 is 2.64 bits per heavy atom. The van der Waals surface area contributed by atoms with E-state index in [4.69, 9.17) is 5.73 Å². The predicted molar refractivity (Wildman–Crippen MR) is 112 cm³/mol. The molecule has 0 fully saturated rings. The number of fused-ring (bicyclic) bond motifs is 1. The highest BCUT2D eigenvalue weighted by Crippen LogP contribution is 2.40. The van der Waals surface area contributed by atoms with Crippen molar-refractivity contribution in [2.24, 2.45) is 0 Å². The van der Waals surface area contributed by atoms with Crippen LogP contribution in [0, 0.1) is 6.92 Å². The van der Waals surface area contributed by atoms with Crippen LogP contribution in [0.2, 0.25) is 0 Å². The van der Waals surface area contributed by atoms with Gasteiger partial charge in [0.25, 0.3) is 0 Å². The lowest BCUT2D eigenvalue weighted by molar-refractivity contribution is 0.347. The van der Waals surface area contributed by atoms with Crippen LogP contribution in [-0.2, 0) is 16.4 Å². The fourth-order valence-corrected chi connectivity index (χ4v) is 5.03. The largest absolute Gasteiger partial charge is 0.398 e. The zero-order valence-electron chi connectivity index (χ0n) is 16.0. The smallest absolute Gasteiger partial charge is 0.212 e. The third kappa shape index (κ3) is 3.30. The number of aromatic nitrogens is 1. The maximum Gasteiger partial charge on any atom is 0.212 e. The summed E-state index contributed by atoms with van der Waals surface area (Å²) in [5.41, 5.74) is 12.8. The Balaban J connectivity index is 1.92. The summed E-state index contributed by atoms with van der Waals surface area (Å²) in [7, 11) is -3.39. The Labute approximate surface area is 165 Å². The molecule has 6 heteroatoms. The van der Waals surface area contributed by atoms with Crippen LogP contribution in [0.25, 0.3) is 11.3 Å². The van der Waals surface area contributed by atoms with Gasteiger partial charge < -0.3 is 5.73 Å². The van der Waals surface area contributed by atoms with Gasteiger partial charge >= 0.3 is 0 Å². The van der Waals surface area contributed by atoms with E-state index in [1.807, 2.05) is 55.5 Å². The number of rotatable bonds is 3. The van der Waals surface area contributed by atoms with Gasteiger partial charge in [-0.15, -0.1) is 0 Å². The molecule has 0 spiro atoms. The van der Waals surface area contributed by atoms with E-state index in [1.54, 1.807) is 10.5 Å². The van der Waals surface area contributed by atoms with E-state index >= 15 is 0 Å². The average Bonchev–Trinajstić information content (AvgIpc) is 2.68. The van der Waals surface area contributed by atoms with Crippen LogP contribution in [0.3, 0.4) is 0 Å². The van der Waals surface area contributed by atoms with Crippen LogP contribution < -0.4 is 5.73 Å². The second-order valence-corrected chi connectivity index (χ2v) is 9.17. The molecule has 1 aliphatic rings. The van der Waals surface area contributed by atoms with E-state index in [0.29, 0.717) is 18.7 Å². The molecule has 0 amide bonds.